The lowest BCUT2D eigenvalue weighted by atomic mass is 10.3. The first-order valence-electron chi connectivity index (χ1n) is 5.32. The first-order chi connectivity index (χ1) is 7.18. The first kappa shape index (κ1) is 12.8. The molecule has 0 bridgehead atoms. The number of rotatable bonds is 6. The third-order valence-corrected chi connectivity index (χ3v) is 3.53. The van der Waals surface area contributed by atoms with Gasteiger partial charge in [-0.15, -0.1) is 0 Å². The number of hydrogen-bond acceptors (Lipinski definition) is 4. The van der Waals surface area contributed by atoms with Gasteiger partial charge in [0.1, 0.15) is 0 Å². The summed E-state index contributed by atoms with van der Waals surface area (Å²) in [4.78, 5) is 12.8. The predicted octanol–water partition coefficient (Wildman–Crippen LogP) is 0.915. The van der Waals surface area contributed by atoms with E-state index in [1.165, 1.54) is 0 Å². The van der Waals surface area contributed by atoms with Crippen molar-refractivity contribution in [3.05, 3.63) is 0 Å². The average molecular weight is 233 g/mol. The molecule has 0 aliphatic carbocycles. The third-order valence-electron chi connectivity index (χ3n) is 2.38. The van der Waals surface area contributed by atoms with Gasteiger partial charge in [-0.2, -0.15) is 11.8 Å². The summed E-state index contributed by atoms with van der Waals surface area (Å²) in [5, 5.41) is 8.80. The van der Waals surface area contributed by atoms with Gasteiger partial charge in [-0.05, 0) is 0 Å². The van der Waals surface area contributed by atoms with E-state index in [4.69, 9.17) is 9.84 Å². The van der Waals surface area contributed by atoms with Gasteiger partial charge in [0.05, 0.1) is 19.6 Å². The molecule has 1 N–H and O–H groups in total. The van der Waals surface area contributed by atoms with E-state index in [0.29, 0.717) is 0 Å². The van der Waals surface area contributed by atoms with Gasteiger partial charge < -0.3 is 9.84 Å². The minimum Gasteiger partial charge on any atom is -0.481 e. The molecule has 1 aliphatic heterocycles. The van der Waals surface area contributed by atoms with Gasteiger partial charge in [0.2, 0.25) is 0 Å². The van der Waals surface area contributed by atoms with E-state index in [1.807, 2.05) is 6.92 Å². The van der Waals surface area contributed by atoms with Crippen LogP contribution in [0, 0.1) is 0 Å². The molecule has 1 rings (SSSR count). The maximum absolute atomic E-state index is 10.4. The second-order valence-electron chi connectivity index (χ2n) is 3.73. The van der Waals surface area contributed by atoms with Crippen LogP contribution in [0.3, 0.4) is 0 Å². The summed E-state index contributed by atoms with van der Waals surface area (Å²) in [6, 6.07) is 0. The number of carboxylic acid groups (broad SMARTS) is 1. The van der Waals surface area contributed by atoms with Crippen LogP contribution in [0.25, 0.3) is 0 Å². The summed E-state index contributed by atoms with van der Waals surface area (Å²) >= 11 is 1.74. The van der Waals surface area contributed by atoms with Crippen molar-refractivity contribution in [2.75, 3.05) is 38.6 Å². The Labute approximate surface area is 95.0 Å². The summed E-state index contributed by atoms with van der Waals surface area (Å²) in [5.41, 5.74) is 0. The van der Waals surface area contributed by atoms with Gasteiger partial charge in [-0.3, -0.25) is 9.69 Å². The molecule has 4 nitrogen and oxygen atoms in total. The molecule has 1 unspecified atom stereocenters. The number of thioether (sulfide) groups is 1. The Bertz CT molecular complexity index is 195. The van der Waals surface area contributed by atoms with Crippen LogP contribution in [0.5, 0.6) is 0 Å². The Morgan fingerprint density at radius 2 is 2.20 bits per heavy atom. The molecule has 1 atom stereocenters. The van der Waals surface area contributed by atoms with Gasteiger partial charge >= 0.3 is 5.97 Å². The number of nitrogens with zero attached hydrogens (tertiary/aromatic N) is 1. The SMILES string of the molecule is CC(CC(=O)O)SCCN1CCOCC1. The van der Waals surface area contributed by atoms with Gasteiger partial charge in [0, 0.05) is 30.6 Å². The Morgan fingerprint density at radius 3 is 2.80 bits per heavy atom. The number of ether oxygens (including phenoxy) is 1. The monoisotopic (exact) mass is 233 g/mol. The Kier molecular flexibility index (Phi) is 6.05. The highest BCUT2D eigenvalue weighted by Crippen LogP contribution is 2.14. The van der Waals surface area contributed by atoms with Crippen LogP contribution < -0.4 is 0 Å². The van der Waals surface area contributed by atoms with E-state index in [2.05, 4.69) is 4.90 Å². The Hall–Kier alpha value is -0.260. The first-order valence-corrected chi connectivity index (χ1v) is 6.37. The number of hydrogen-bond donors (Lipinski definition) is 1. The molecule has 0 aromatic rings. The zero-order chi connectivity index (χ0) is 11.1. The van der Waals surface area contributed by atoms with Gasteiger partial charge in [0.25, 0.3) is 0 Å². The van der Waals surface area contributed by atoms with Gasteiger partial charge in [0.15, 0.2) is 0 Å². The topological polar surface area (TPSA) is 49.8 Å². The highest BCUT2D eigenvalue weighted by atomic mass is 32.2. The highest BCUT2D eigenvalue weighted by molar-refractivity contribution is 7.99. The minimum absolute atomic E-state index is 0.212. The quantitative estimate of drug-likeness (QED) is 0.739. The lowest BCUT2D eigenvalue weighted by molar-refractivity contribution is -0.136. The van der Waals surface area contributed by atoms with Crippen molar-refractivity contribution in [2.24, 2.45) is 0 Å². The second kappa shape index (κ2) is 7.09. The molecule has 88 valence electrons. The largest absolute Gasteiger partial charge is 0.481 e. The van der Waals surface area contributed by atoms with E-state index in [0.717, 1.165) is 38.6 Å². The molecule has 1 fully saturated rings. The van der Waals surface area contributed by atoms with Crippen LogP contribution in [0.15, 0.2) is 0 Å². The fourth-order valence-corrected chi connectivity index (χ4v) is 2.54. The maximum Gasteiger partial charge on any atom is 0.304 e. The summed E-state index contributed by atoms with van der Waals surface area (Å²) in [7, 11) is 0. The summed E-state index contributed by atoms with van der Waals surface area (Å²) in [5.74, 6) is 0.301. The van der Waals surface area contributed by atoms with Crippen LogP contribution in [0.1, 0.15) is 13.3 Å². The van der Waals surface area contributed by atoms with E-state index in [1.54, 1.807) is 11.8 Å². The van der Waals surface area contributed by atoms with E-state index in [9.17, 15) is 4.79 Å². The average Bonchev–Trinajstić information content (AvgIpc) is 2.18. The molecule has 0 spiro atoms. The Morgan fingerprint density at radius 1 is 1.53 bits per heavy atom. The molecule has 0 amide bonds. The van der Waals surface area contributed by atoms with E-state index in [-0.39, 0.29) is 11.7 Å². The predicted molar refractivity (Wildman–Crippen MR) is 61.4 cm³/mol. The normalized spacial score (nSPS) is 20.1. The van der Waals surface area contributed by atoms with E-state index < -0.39 is 5.97 Å². The van der Waals surface area contributed by atoms with Gasteiger partial charge in [-0.1, -0.05) is 6.92 Å². The molecule has 0 saturated carbocycles. The smallest absolute Gasteiger partial charge is 0.304 e. The molecule has 5 heteroatoms. The molecule has 0 aromatic heterocycles. The van der Waals surface area contributed by atoms with Crippen molar-refractivity contribution in [3.63, 3.8) is 0 Å². The highest BCUT2D eigenvalue weighted by Gasteiger charge is 2.11. The fraction of sp³-hybridized carbons (Fsp3) is 0.900. The molecule has 0 radical (unpaired) electrons. The number of morpholine rings is 1. The van der Waals surface area contributed by atoms with Crippen molar-refractivity contribution < 1.29 is 14.6 Å². The summed E-state index contributed by atoms with van der Waals surface area (Å²) in [6.07, 6.45) is 0.258. The molecule has 1 saturated heterocycles. The zero-order valence-electron chi connectivity index (χ0n) is 9.15. The molecule has 1 aliphatic rings. The van der Waals surface area contributed by atoms with Crippen molar-refractivity contribution in [1.29, 1.82) is 0 Å². The third kappa shape index (κ3) is 6.02. The molecule has 15 heavy (non-hydrogen) atoms. The minimum atomic E-state index is -0.707. The van der Waals surface area contributed by atoms with Crippen molar-refractivity contribution >= 4 is 17.7 Å². The van der Waals surface area contributed by atoms with Crippen LogP contribution in [0.4, 0.5) is 0 Å². The van der Waals surface area contributed by atoms with Crippen molar-refractivity contribution in [1.82, 2.24) is 4.90 Å². The van der Waals surface area contributed by atoms with Crippen LogP contribution >= 0.6 is 11.8 Å². The molecular formula is C10H19NO3S. The molecular weight excluding hydrogens is 214 g/mol. The van der Waals surface area contributed by atoms with E-state index >= 15 is 0 Å². The number of aliphatic carboxylic acids is 1. The maximum atomic E-state index is 10.4. The van der Waals surface area contributed by atoms with Crippen LogP contribution in [0.2, 0.25) is 0 Å². The summed E-state index contributed by atoms with van der Waals surface area (Å²) in [6.45, 7) is 6.68. The van der Waals surface area contributed by atoms with Crippen molar-refractivity contribution in [2.45, 2.75) is 18.6 Å². The van der Waals surface area contributed by atoms with Crippen molar-refractivity contribution in [3.8, 4) is 0 Å². The van der Waals surface area contributed by atoms with Crippen LogP contribution in [-0.2, 0) is 9.53 Å². The number of carbonyl (C=O) groups is 1. The lowest BCUT2D eigenvalue weighted by Crippen LogP contribution is -2.37. The van der Waals surface area contributed by atoms with Crippen LogP contribution in [-0.4, -0.2) is 59.8 Å². The standard InChI is InChI=1S/C10H19NO3S/c1-9(8-10(12)13)15-7-4-11-2-5-14-6-3-11/h9H,2-8H2,1H3,(H,12,13). The summed E-state index contributed by atoms with van der Waals surface area (Å²) < 4.78 is 5.25. The lowest BCUT2D eigenvalue weighted by Gasteiger charge is -2.26. The Balaban J connectivity index is 2.02. The zero-order valence-corrected chi connectivity index (χ0v) is 9.96. The van der Waals surface area contributed by atoms with Gasteiger partial charge in [-0.25, -0.2) is 0 Å². The molecule has 0 aromatic carbocycles. The molecule has 1 heterocycles. The number of carboxylic acids is 1. The second-order valence-corrected chi connectivity index (χ2v) is 5.28. The fourth-order valence-electron chi connectivity index (χ4n) is 1.51.